The minimum absolute atomic E-state index is 0.0170. The van der Waals surface area contributed by atoms with Gasteiger partial charge in [-0.25, -0.2) is 14.4 Å². The number of aromatic nitrogens is 2. The number of likely N-dealkylation sites (tertiary alicyclic amines) is 1. The van der Waals surface area contributed by atoms with Crippen LogP contribution >= 0.6 is 0 Å². The number of fused-ring (bicyclic) bond motifs is 1. The summed E-state index contributed by atoms with van der Waals surface area (Å²) in [4.78, 5) is 33.4. The third kappa shape index (κ3) is 4.27. The first-order chi connectivity index (χ1) is 13.0. The van der Waals surface area contributed by atoms with Crippen LogP contribution in [0.25, 0.3) is 11.0 Å². The van der Waals surface area contributed by atoms with Crippen molar-refractivity contribution in [3.63, 3.8) is 0 Å². The fourth-order valence-corrected chi connectivity index (χ4v) is 3.72. The van der Waals surface area contributed by atoms with E-state index in [2.05, 4.69) is 9.97 Å². The summed E-state index contributed by atoms with van der Waals surface area (Å²) in [6.45, 7) is 2.62. The van der Waals surface area contributed by atoms with E-state index in [1.807, 2.05) is 6.92 Å². The van der Waals surface area contributed by atoms with Gasteiger partial charge in [0.05, 0.1) is 29.5 Å². The quantitative estimate of drug-likeness (QED) is 0.421. The summed E-state index contributed by atoms with van der Waals surface area (Å²) in [6.07, 6.45) is 4.31. The summed E-state index contributed by atoms with van der Waals surface area (Å²) in [5, 5.41) is 10.1. The monoisotopic (exact) mass is 376 g/mol. The van der Waals surface area contributed by atoms with E-state index >= 15 is 0 Å². The van der Waals surface area contributed by atoms with Gasteiger partial charge in [0.1, 0.15) is 11.6 Å². The minimum atomic E-state index is -0.456. The van der Waals surface area contributed by atoms with E-state index in [0.29, 0.717) is 35.8 Å². The molecule has 3 rings (SSSR count). The van der Waals surface area contributed by atoms with E-state index < -0.39 is 5.92 Å². The first-order valence-corrected chi connectivity index (χ1v) is 9.40. The zero-order chi connectivity index (χ0) is 19.4. The molecule has 0 aliphatic carbocycles. The Kier molecular flexibility index (Phi) is 6.05. The van der Waals surface area contributed by atoms with Crippen molar-refractivity contribution in [3.8, 4) is 0 Å². The SMILES string of the molecule is CCCC[C@@H](CN(O)C=O)C(=O)N1CCC[C@H]1c1nc2cc(F)ccc2[nH]1. The lowest BCUT2D eigenvalue weighted by Crippen LogP contribution is -2.40. The number of amides is 2. The van der Waals surface area contributed by atoms with Crippen LogP contribution in [-0.2, 0) is 9.59 Å². The number of imidazole rings is 1. The molecule has 2 atom stereocenters. The summed E-state index contributed by atoms with van der Waals surface area (Å²) < 4.78 is 13.4. The highest BCUT2D eigenvalue weighted by molar-refractivity contribution is 5.80. The Morgan fingerprint density at radius 1 is 1.56 bits per heavy atom. The van der Waals surface area contributed by atoms with Gasteiger partial charge >= 0.3 is 0 Å². The van der Waals surface area contributed by atoms with E-state index in [0.717, 1.165) is 31.2 Å². The predicted octanol–water partition coefficient (Wildman–Crippen LogP) is 3.02. The summed E-state index contributed by atoms with van der Waals surface area (Å²) in [5.41, 5.74) is 1.27. The Balaban J connectivity index is 1.81. The molecule has 2 aromatic rings. The number of hydrogen-bond acceptors (Lipinski definition) is 4. The molecule has 2 amide bonds. The fourth-order valence-electron chi connectivity index (χ4n) is 3.72. The fraction of sp³-hybridized carbons (Fsp3) is 0.526. The minimum Gasteiger partial charge on any atom is -0.340 e. The number of nitrogens with one attached hydrogen (secondary N) is 1. The van der Waals surface area contributed by atoms with E-state index in [9.17, 15) is 19.2 Å². The van der Waals surface area contributed by atoms with Crippen molar-refractivity contribution >= 4 is 23.4 Å². The molecule has 0 bridgehead atoms. The summed E-state index contributed by atoms with van der Waals surface area (Å²) in [6, 6.07) is 4.17. The highest BCUT2D eigenvalue weighted by Crippen LogP contribution is 2.33. The molecule has 1 aliphatic heterocycles. The van der Waals surface area contributed by atoms with Crippen LogP contribution in [0.15, 0.2) is 18.2 Å². The van der Waals surface area contributed by atoms with Gasteiger partial charge < -0.3 is 9.88 Å². The lowest BCUT2D eigenvalue weighted by molar-refractivity contribution is -0.157. The third-order valence-corrected chi connectivity index (χ3v) is 5.10. The van der Waals surface area contributed by atoms with Gasteiger partial charge in [-0.2, -0.15) is 0 Å². The number of hydrogen-bond donors (Lipinski definition) is 2. The van der Waals surface area contributed by atoms with Crippen LogP contribution in [0.5, 0.6) is 0 Å². The number of carbonyl (C=O) groups is 2. The molecule has 0 spiro atoms. The Morgan fingerprint density at radius 3 is 3.11 bits per heavy atom. The summed E-state index contributed by atoms with van der Waals surface area (Å²) >= 11 is 0. The van der Waals surface area contributed by atoms with Crippen molar-refractivity contribution in [3.05, 3.63) is 29.8 Å². The molecule has 27 heavy (non-hydrogen) atoms. The largest absolute Gasteiger partial charge is 0.340 e. The lowest BCUT2D eigenvalue weighted by atomic mass is 9.99. The number of halogens is 1. The summed E-state index contributed by atoms with van der Waals surface area (Å²) in [7, 11) is 0. The van der Waals surface area contributed by atoms with Crippen molar-refractivity contribution in [1.82, 2.24) is 19.9 Å². The van der Waals surface area contributed by atoms with E-state index in [-0.39, 0.29) is 24.3 Å². The molecule has 0 saturated carbocycles. The van der Waals surface area contributed by atoms with Gasteiger partial charge in [0.15, 0.2) is 0 Å². The van der Waals surface area contributed by atoms with Crippen LogP contribution < -0.4 is 0 Å². The first-order valence-electron chi connectivity index (χ1n) is 9.40. The van der Waals surface area contributed by atoms with Crippen LogP contribution in [0.1, 0.15) is 50.9 Å². The van der Waals surface area contributed by atoms with Crippen LogP contribution in [0.2, 0.25) is 0 Å². The van der Waals surface area contributed by atoms with Gasteiger partial charge in [0, 0.05) is 12.6 Å². The van der Waals surface area contributed by atoms with Crippen molar-refractivity contribution in [2.75, 3.05) is 13.1 Å². The van der Waals surface area contributed by atoms with Crippen molar-refractivity contribution in [2.24, 2.45) is 5.92 Å². The molecule has 146 valence electrons. The van der Waals surface area contributed by atoms with Crippen LogP contribution in [0, 0.1) is 11.7 Å². The second kappa shape index (κ2) is 8.47. The number of carbonyl (C=O) groups excluding carboxylic acids is 2. The van der Waals surface area contributed by atoms with E-state index in [4.69, 9.17) is 0 Å². The molecule has 1 saturated heterocycles. The molecule has 1 aromatic heterocycles. The van der Waals surface area contributed by atoms with Gasteiger partial charge in [-0.05, 0) is 31.4 Å². The Hall–Kier alpha value is -2.48. The molecule has 0 unspecified atom stereocenters. The second-order valence-corrected chi connectivity index (χ2v) is 7.04. The normalized spacial score (nSPS) is 18.0. The predicted molar refractivity (Wildman–Crippen MR) is 97.3 cm³/mol. The number of hydroxylamine groups is 2. The van der Waals surface area contributed by atoms with Crippen LogP contribution in [0.4, 0.5) is 4.39 Å². The molecule has 1 aliphatic rings. The van der Waals surface area contributed by atoms with Gasteiger partial charge in [0.2, 0.25) is 12.3 Å². The Bertz CT molecular complexity index is 809. The van der Waals surface area contributed by atoms with Crippen LogP contribution in [0.3, 0.4) is 0 Å². The van der Waals surface area contributed by atoms with Gasteiger partial charge in [-0.3, -0.25) is 14.8 Å². The topological polar surface area (TPSA) is 89.5 Å². The van der Waals surface area contributed by atoms with Crippen molar-refractivity contribution in [1.29, 1.82) is 0 Å². The van der Waals surface area contributed by atoms with Gasteiger partial charge in [-0.15, -0.1) is 0 Å². The van der Waals surface area contributed by atoms with Crippen molar-refractivity contribution < 1.29 is 19.2 Å². The van der Waals surface area contributed by atoms with E-state index in [1.54, 1.807) is 11.0 Å². The molecule has 1 aromatic carbocycles. The van der Waals surface area contributed by atoms with Crippen LogP contribution in [-0.4, -0.2) is 50.5 Å². The standard InChI is InChI=1S/C19H25FN4O3/c1-2-3-5-13(11-23(27)12-25)19(26)24-9-4-6-17(24)18-21-15-8-7-14(20)10-16(15)22-18/h7-8,10,12-13,17,27H,2-6,9,11H2,1H3,(H,21,22)/t13-,17-/m0/s1. The zero-order valence-corrected chi connectivity index (χ0v) is 15.4. The maximum absolute atomic E-state index is 13.4. The number of unbranched alkanes of at least 4 members (excludes halogenated alkanes) is 1. The number of aromatic amines is 1. The molecule has 8 heteroatoms. The molecular formula is C19H25FN4O3. The smallest absolute Gasteiger partial charge is 0.233 e. The molecule has 0 radical (unpaired) electrons. The van der Waals surface area contributed by atoms with Crippen molar-refractivity contribution in [2.45, 2.75) is 45.1 Å². The second-order valence-electron chi connectivity index (χ2n) is 7.04. The lowest BCUT2D eigenvalue weighted by Gasteiger charge is -2.29. The molecule has 2 heterocycles. The maximum atomic E-state index is 13.4. The van der Waals surface area contributed by atoms with Gasteiger partial charge in [-0.1, -0.05) is 19.8 Å². The Labute approximate surface area is 157 Å². The number of benzene rings is 1. The number of rotatable bonds is 8. The number of H-pyrrole nitrogens is 1. The third-order valence-electron chi connectivity index (χ3n) is 5.10. The first kappa shape index (κ1) is 19.3. The Morgan fingerprint density at radius 2 is 2.37 bits per heavy atom. The zero-order valence-electron chi connectivity index (χ0n) is 15.4. The number of nitrogens with zero attached hydrogens (tertiary/aromatic N) is 3. The average Bonchev–Trinajstić information content (AvgIpc) is 3.30. The van der Waals surface area contributed by atoms with E-state index in [1.165, 1.54) is 12.1 Å². The van der Waals surface area contributed by atoms with Gasteiger partial charge in [0.25, 0.3) is 0 Å². The molecular weight excluding hydrogens is 351 g/mol. The molecule has 2 N–H and O–H groups in total. The highest BCUT2D eigenvalue weighted by Gasteiger charge is 2.36. The maximum Gasteiger partial charge on any atom is 0.233 e. The summed E-state index contributed by atoms with van der Waals surface area (Å²) in [5.74, 6) is -0.246. The molecule has 7 nitrogen and oxygen atoms in total. The molecule has 1 fully saturated rings. The highest BCUT2D eigenvalue weighted by atomic mass is 19.1. The average molecular weight is 376 g/mol.